The van der Waals surface area contributed by atoms with Crippen LogP contribution in [0.2, 0.25) is 0 Å². The molecule has 2 amide bonds. The molecule has 0 heterocycles. The maximum atomic E-state index is 13.8. The van der Waals surface area contributed by atoms with E-state index in [-0.39, 0.29) is 29.8 Å². The molecule has 0 saturated heterocycles. The molecule has 144 valence electrons. The van der Waals surface area contributed by atoms with E-state index in [1.165, 1.54) is 25.3 Å². The zero-order valence-corrected chi connectivity index (χ0v) is 14.6. The van der Waals surface area contributed by atoms with Crippen molar-refractivity contribution in [3.63, 3.8) is 0 Å². The van der Waals surface area contributed by atoms with Gasteiger partial charge < -0.3 is 19.7 Å². The predicted octanol–water partition coefficient (Wildman–Crippen LogP) is 4.63. The van der Waals surface area contributed by atoms with Gasteiger partial charge in [0, 0.05) is 12.6 Å². The normalized spacial score (nSPS) is 13.4. The smallest absolute Gasteiger partial charge is 0.387 e. The van der Waals surface area contributed by atoms with Gasteiger partial charge in [-0.3, -0.25) is 0 Å². The second-order valence-corrected chi connectivity index (χ2v) is 6.13. The minimum Gasteiger partial charge on any atom is -0.493 e. The molecule has 0 spiro atoms. The van der Waals surface area contributed by atoms with Gasteiger partial charge in [-0.1, -0.05) is 18.2 Å². The molecule has 8 heteroatoms. The van der Waals surface area contributed by atoms with Crippen LogP contribution in [0.5, 0.6) is 11.5 Å². The van der Waals surface area contributed by atoms with Crippen molar-refractivity contribution < 1.29 is 27.4 Å². The van der Waals surface area contributed by atoms with Crippen LogP contribution in [0.1, 0.15) is 18.4 Å². The fourth-order valence-corrected chi connectivity index (χ4v) is 2.70. The summed E-state index contributed by atoms with van der Waals surface area (Å²) in [6, 6.07) is 10.1. The van der Waals surface area contributed by atoms with E-state index in [2.05, 4.69) is 10.1 Å². The second kappa shape index (κ2) is 8.20. The summed E-state index contributed by atoms with van der Waals surface area (Å²) in [7, 11) is 1.35. The van der Waals surface area contributed by atoms with Crippen LogP contribution in [0, 0.1) is 5.82 Å². The highest BCUT2D eigenvalue weighted by Gasteiger charge is 2.33. The fourth-order valence-electron chi connectivity index (χ4n) is 2.70. The summed E-state index contributed by atoms with van der Waals surface area (Å²) in [6.45, 7) is -2.73. The first-order valence-electron chi connectivity index (χ1n) is 8.42. The minimum atomic E-state index is -2.96. The van der Waals surface area contributed by atoms with Crippen molar-refractivity contribution in [3.05, 3.63) is 53.8 Å². The van der Waals surface area contributed by atoms with Crippen molar-refractivity contribution >= 4 is 11.7 Å². The molecule has 5 nitrogen and oxygen atoms in total. The van der Waals surface area contributed by atoms with Crippen molar-refractivity contribution in [1.29, 1.82) is 0 Å². The highest BCUT2D eigenvalue weighted by Crippen LogP contribution is 2.33. The molecule has 3 rings (SSSR count). The first-order chi connectivity index (χ1) is 13.0. The molecule has 1 N–H and O–H groups in total. The Morgan fingerprint density at radius 2 is 1.96 bits per heavy atom. The Morgan fingerprint density at radius 3 is 2.59 bits per heavy atom. The van der Waals surface area contributed by atoms with Gasteiger partial charge >= 0.3 is 12.6 Å². The van der Waals surface area contributed by atoms with Crippen LogP contribution < -0.4 is 14.8 Å². The molecule has 0 aliphatic heterocycles. The van der Waals surface area contributed by atoms with E-state index in [4.69, 9.17) is 4.74 Å². The van der Waals surface area contributed by atoms with E-state index in [0.29, 0.717) is 5.56 Å². The summed E-state index contributed by atoms with van der Waals surface area (Å²) >= 11 is 0. The topological polar surface area (TPSA) is 50.8 Å². The van der Waals surface area contributed by atoms with Crippen molar-refractivity contribution in [1.82, 2.24) is 4.90 Å². The molecule has 0 aromatic heterocycles. The quantitative estimate of drug-likeness (QED) is 0.762. The van der Waals surface area contributed by atoms with Crippen molar-refractivity contribution in [2.45, 2.75) is 32.0 Å². The van der Waals surface area contributed by atoms with Crippen LogP contribution in [0.15, 0.2) is 42.5 Å². The van der Waals surface area contributed by atoms with Crippen molar-refractivity contribution in [2.75, 3.05) is 12.4 Å². The number of carbonyl (C=O) groups excluding carboxylic acids is 1. The Hall–Kier alpha value is -2.90. The lowest BCUT2D eigenvalue weighted by Gasteiger charge is -2.23. The van der Waals surface area contributed by atoms with Gasteiger partial charge in [0.25, 0.3) is 0 Å². The van der Waals surface area contributed by atoms with E-state index in [9.17, 15) is 18.0 Å². The maximum absolute atomic E-state index is 13.8. The molecule has 1 fully saturated rings. The molecule has 0 atom stereocenters. The van der Waals surface area contributed by atoms with Crippen LogP contribution in [0.25, 0.3) is 0 Å². The minimum absolute atomic E-state index is 0.0553. The van der Waals surface area contributed by atoms with E-state index in [0.717, 1.165) is 12.8 Å². The molecule has 27 heavy (non-hydrogen) atoms. The predicted molar refractivity (Wildman–Crippen MR) is 93.6 cm³/mol. The van der Waals surface area contributed by atoms with Gasteiger partial charge in [0.15, 0.2) is 11.5 Å². The van der Waals surface area contributed by atoms with E-state index in [1.807, 2.05) is 0 Å². The van der Waals surface area contributed by atoms with Gasteiger partial charge in [-0.2, -0.15) is 8.78 Å². The number of hydrogen-bond acceptors (Lipinski definition) is 3. The molecule has 1 aliphatic rings. The number of halogens is 3. The van der Waals surface area contributed by atoms with Crippen molar-refractivity contribution in [3.8, 4) is 11.5 Å². The van der Waals surface area contributed by atoms with Crippen LogP contribution in [0.3, 0.4) is 0 Å². The van der Waals surface area contributed by atoms with E-state index in [1.54, 1.807) is 29.2 Å². The van der Waals surface area contributed by atoms with E-state index >= 15 is 0 Å². The molecule has 0 unspecified atom stereocenters. The lowest BCUT2D eigenvalue weighted by Crippen LogP contribution is -2.36. The van der Waals surface area contributed by atoms with Gasteiger partial charge in [0.05, 0.1) is 12.8 Å². The number of urea groups is 1. The molecule has 1 aliphatic carbocycles. The summed E-state index contributed by atoms with van der Waals surface area (Å²) in [6.07, 6.45) is 1.71. The summed E-state index contributed by atoms with van der Waals surface area (Å²) in [5.41, 5.74) is 0.787. The first-order valence-corrected chi connectivity index (χ1v) is 8.42. The number of nitrogens with zero attached hydrogens (tertiary/aromatic N) is 1. The number of anilines is 1. The molecule has 0 bridgehead atoms. The number of amides is 2. The average molecular weight is 380 g/mol. The molecule has 0 radical (unpaired) electrons. The number of benzene rings is 2. The Morgan fingerprint density at radius 1 is 1.22 bits per heavy atom. The highest BCUT2D eigenvalue weighted by atomic mass is 19.3. The van der Waals surface area contributed by atoms with Gasteiger partial charge in [0.2, 0.25) is 0 Å². The number of alkyl halides is 2. The Balaban J connectivity index is 1.75. The second-order valence-electron chi connectivity index (χ2n) is 6.13. The standard InChI is InChI=1S/C19H19F3N2O3/c1-26-17-10-12(6-9-16(17)27-18(21)22)11-24(13-7-8-13)19(25)23-15-5-3-2-4-14(15)20/h2-6,9-10,13,18H,7-8,11H2,1H3,(H,23,25). The highest BCUT2D eigenvalue weighted by molar-refractivity contribution is 5.89. The third kappa shape index (κ3) is 4.84. The number of para-hydroxylation sites is 1. The van der Waals surface area contributed by atoms with Crippen LogP contribution in [0.4, 0.5) is 23.7 Å². The van der Waals surface area contributed by atoms with Gasteiger partial charge in [-0.05, 0) is 42.7 Å². The molecule has 2 aromatic carbocycles. The maximum Gasteiger partial charge on any atom is 0.387 e. The number of ether oxygens (including phenoxy) is 2. The van der Waals surface area contributed by atoms with Gasteiger partial charge in [0.1, 0.15) is 5.82 Å². The summed E-state index contributed by atoms with van der Waals surface area (Å²) in [5.74, 6) is -0.445. The monoisotopic (exact) mass is 380 g/mol. The number of rotatable bonds is 7. The third-order valence-corrected chi connectivity index (χ3v) is 4.16. The molecular formula is C19H19F3N2O3. The van der Waals surface area contributed by atoms with Gasteiger partial charge in [-0.25, -0.2) is 9.18 Å². The lowest BCUT2D eigenvalue weighted by atomic mass is 10.2. The first kappa shape index (κ1) is 18.9. The number of methoxy groups -OCH3 is 1. The van der Waals surface area contributed by atoms with Gasteiger partial charge in [-0.15, -0.1) is 0 Å². The summed E-state index contributed by atoms with van der Waals surface area (Å²) in [5, 5.41) is 2.57. The fraction of sp³-hybridized carbons (Fsp3) is 0.316. The van der Waals surface area contributed by atoms with Crippen LogP contribution in [-0.4, -0.2) is 30.7 Å². The lowest BCUT2D eigenvalue weighted by molar-refractivity contribution is -0.0512. The zero-order chi connectivity index (χ0) is 19.4. The van der Waals surface area contributed by atoms with E-state index < -0.39 is 18.5 Å². The largest absolute Gasteiger partial charge is 0.493 e. The average Bonchev–Trinajstić information content (AvgIpc) is 3.47. The Kier molecular flexibility index (Phi) is 5.73. The van der Waals surface area contributed by atoms with Crippen molar-refractivity contribution in [2.24, 2.45) is 0 Å². The third-order valence-electron chi connectivity index (χ3n) is 4.16. The molecular weight excluding hydrogens is 361 g/mol. The zero-order valence-electron chi connectivity index (χ0n) is 14.6. The summed E-state index contributed by atoms with van der Waals surface area (Å²) in [4.78, 5) is 14.2. The van der Waals surface area contributed by atoms with Crippen LogP contribution >= 0.6 is 0 Å². The Labute approximate surface area is 154 Å². The number of hydrogen-bond donors (Lipinski definition) is 1. The molecule has 1 saturated carbocycles. The number of carbonyl (C=O) groups is 1. The Bertz CT molecular complexity index is 813. The number of nitrogens with one attached hydrogen (secondary N) is 1. The summed E-state index contributed by atoms with van der Waals surface area (Å²) < 4.78 is 48.1. The van der Waals surface area contributed by atoms with Crippen LogP contribution in [-0.2, 0) is 6.54 Å². The molecule has 2 aromatic rings. The SMILES string of the molecule is COc1cc(CN(C(=O)Nc2ccccc2F)C2CC2)ccc1OC(F)F.